The van der Waals surface area contributed by atoms with Gasteiger partial charge in [-0.05, 0) is 54.3 Å². The molecule has 0 saturated heterocycles. The Hall–Kier alpha value is 0. The summed E-state index contributed by atoms with van der Waals surface area (Å²) in [5.74, 6) is 4.91. The Labute approximate surface area is 95.8 Å². The Morgan fingerprint density at radius 2 is 1.53 bits per heavy atom. The molecule has 2 fully saturated rings. The minimum Gasteiger partial charge on any atom is -0.0622 e. The molecule has 15 heavy (non-hydrogen) atoms. The van der Waals surface area contributed by atoms with E-state index in [9.17, 15) is 0 Å². The highest BCUT2D eigenvalue weighted by atomic mass is 14.5. The fourth-order valence-corrected chi connectivity index (χ4v) is 4.45. The Bertz CT molecular complexity index is 228. The molecule has 2 aliphatic rings. The van der Waals surface area contributed by atoms with Crippen molar-refractivity contribution in [3.63, 3.8) is 0 Å². The number of hydrogen-bond donors (Lipinski definition) is 0. The zero-order valence-electron chi connectivity index (χ0n) is 11.2. The molecule has 0 heterocycles. The molecule has 2 saturated carbocycles. The molecule has 0 bridgehead atoms. The van der Waals surface area contributed by atoms with Gasteiger partial charge in [0.15, 0.2) is 0 Å². The van der Waals surface area contributed by atoms with Gasteiger partial charge < -0.3 is 0 Å². The highest BCUT2D eigenvalue weighted by Crippen LogP contribution is 2.55. The highest BCUT2D eigenvalue weighted by molar-refractivity contribution is 4.96. The molecule has 88 valence electrons. The third-order valence-corrected chi connectivity index (χ3v) is 5.81. The maximum atomic E-state index is 2.51. The van der Waals surface area contributed by atoms with Crippen molar-refractivity contribution in [2.45, 2.75) is 60.3 Å². The Kier molecular flexibility index (Phi) is 2.90. The first-order valence-corrected chi connectivity index (χ1v) is 6.93. The van der Waals surface area contributed by atoms with Gasteiger partial charge in [-0.25, -0.2) is 0 Å². The molecule has 0 spiro atoms. The van der Waals surface area contributed by atoms with Crippen LogP contribution in [-0.2, 0) is 0 Å². The standard InChI is InChI=1S/C15H28/c1-10-6-7-13-14(12(10)3)11(2)8-9-15(13,4)5/h10-14H,6-9H2,1-5H3/t10?,11-,12?,13?,14?/m0/s1. The lowest BCUT2D eigenvalue weighted by molar-refractivity contribution is -0.0454. The maximum Gasteiger partial charge on any atom is -0.0323 e. The Balaban J connectivity index is 2.23. The van der Waals surface area contributed by atoms with Crippen molar-refractivity contribution < 1.29 is 0 Å². The highest BCUT2D eigenvalue weighted by Gasteiger charge is 2.47. The van der Waals surface area contributed by atoms with E-state index in [1.54, 1.807) is 0 Å². The van der Waals surface area contributed by atoms with Crippen molar-refractivity contribution >= 4 is 0 Å². The predicted molar refractivity (Wildman–Crippen MR) is 66.7 cm³/mol. The molecule has 2 aliphatic carbocycles. The van der Waals surface area contributed by atoms with E-state index < -0.39 is 0 Å². The van der Waals surface area contributed by atoms with Crippen LogP contribution in [0, 0.1) is 35.0 Å². The molecule has 0 aromatic rings. The number of hydrogen-bond acceptors (Lipinski definition) is 0. The van der Waals surface area contributed by atoms with Crippen LogP contribution in [0.15, 0.2) is 0 Å². The van der Waals surface area contributed by atoms with Gasteiger partial charge in [0.25, 0.3) is 0 Å². The van der Waals surface area contributed by atoms with E-state index >= 15 is 0 Å². The lowest BCUT2D eigenvalue weighted by atomic mass is 9.51. The summed E-state index contributed by atoms with van der Waals surface area (Å²) in [6.45, 7) is 12.5. The van der Waals surface area contributed by atoms with Crippen LogP contribution < -0.4 is 0 Å². The maximum absolute atomic E-state index is 2.51. The third-order valence-electron chi connectivity index (χ3n) is 5.81. The van der Waals surface area contributed by atoms with Gasteiger partial charge in [0.2, 0.25) is 0 Å². The lowest BCUT2D eigenvalue weighted by Gasteiger charge is -2.54. The van der Waals surface area contributed by atoms with Crippen molar-refractivity contribution in [3.05, 3.63) is 0 Å². The molecule has 2 rings (SSSR count). The van der Waals surface area contributed by atoms with E-state index in [2.05, 4.69) is 34.6 Å². The second kappa shape index (κ2) is 3.79. The van der Waals surface area contributed by atoms with E-state index in [0.717, 1.165) is 29.6 Å². The minimum absolute atomic E-state index is 0.617. The predicted octanol–water partition coefficient (Wildman–Crippen LogP) is 4.74. The monoisotopic (exact) mass is 208 g/mol. The van der Waals surface area contributed by atoms with Crippen molar-refractivity contribution in [2.75, 3.05) is 0 Å². The largest absolute Gasteiger partial charge is 0.0622 e. The van der Waals surface area contributed by atoms with Crippen LogP contribution in [0.4, 0.5) is 0 Å². The molecule has 0 aliphatic heterocycles. The van der Waals surface area contributed by atoms with E-state index in [1.807, 2.05) is 0 Å². The average Bonchev–Trinajstić information content (AvgIpc) is 2.17. The smallest absolute Gasteiger partial charge is 0.0323 e. The molecule has 0 aromatic heterocycles. The van der Waals surface area contributed by atoms with Crippen LogP contribution >= 0.6 is 0 Å². The molecule has 0 heteroatoms. The summed E-state index contributed by atoms with van der Waals surface area (Å²) in [6, 6.07) is 0. The number of fused-ring (bicyclic) bond motifs is 1. The van der Waals surface area contributed by atoms with E-state index in [-0.39, 0.29) is 0 Å². The van der Waals surface area contributed by atoms with Crippen LogP contribution in [0.2, 0.25) is 0 Å². The topological polar surface area (TPSA) is 0 Å². The summed E-state index contributed by atoms with van der Waals surface area (Å²) in [6.07, 6.45) is 5.88. The van der Waals surface area contributed by atoms with Crippen LogP contribution in [-0.4, -0.2) is 0 Å². The van der Waals surface area contributed by atoms with Crippen molar-refractivity contribution in [1.29, 1.82) is 0 Å². The quantitative estimate of drug-likeness (QED) is 0.539. The lowest BCUT2D eigenvalue weighted by Crippen LogP contribution is -2.46. The first-order valence-electron chi connectivity index (χ1n) is 6.93. The van der Waals surface area contributed by atoms with Gasteiger partial charge in [-0.15, -0.1) is 0 Å². The molecule has 0 nitrogen and oxygen atoms in total. The van der Waals surface area contributed by atoms with Crippen molar-refractivity contribution in [1.82, 2.24) is 0 Å². The zero-order chi connectivity index (χ0) is 11.2. The molecule has 5 atom stereocenters. The molecular weight excluding hydrogens is 180 g/mol. The molecule has 0 N–H and O–H groups in total. The van der Waals surface area contributed by atoms with Gasteiger partial charge in [0.1, 0.15) is 0 Å². The third kappa shape index (κ3) is 1.85. The molecular formula is C15H28. The summed E-state index contributed by atoms with van der Waals surface area (Å²) in [4.78, 5) is 0. The fraction of sp³-hybridized carbons (Fsp3) is 1.00. The molecule has 0 radical (unpaired) electrons. The molecule has 0 aromatic carbocycles. The summed E-state index contributed by atoms with van der Waals surface area (Å²) in [5, 5.41) is 0. The van der Waals surface area contributed by atoms with Crippen LogP contribution in [0.3, 0.4) is 0 Å². The zero-order valence-corrected chi connectivity index (χ0v) is 11.2. The van der Waals surface area contributed by atoms with Gasteiger partial charge in [-0.3, -0.25) is 0 Å². The van der Waals surface area contributed by atoms with Gasteiger partial charge in [-0.2, -0.15) is 0 Å². The normalized spacial score (nSPS) is 49.8. The average molecular weight is 208 g/mol. The van der Waals surface area contributed by atoms with Crippen LogP contribution in [0.25, 0.3) is 0 Å². The van der Waals surface area contributed by atoms with E-state index in [1.165, 1.54) is 25.7 Å². The summed E-state index contributed by atoms with van der Waals surface area (Å²) in [5.41, 5.74) is 0.617. The molecule has 4 unspecified atom stereocenters. The first-order chi connectivity index (χ1) is 6.93. The van der Waals surface area contributed by atoms with Gasteiger partial charge >= 0.3 is 0 Å². The Morgan fingerprint density at radius 1 is 0.867 bits per heavy atom. The van der Waals surface area contributed by atoms with E-state index in [4.69, 9.17) is 0 Å². The number of rotatable bonds is 0. The van der Waals surface area contributed by atoms with Gasteiger partial charge in [0, 0.05) is 0 Å². The van der Waals surface area contributed by atoms with Gasteiger partial charge in [0.05, 0.1) is 0 Å². The second-order valence-corrected chi connectivity index (χ2v) is 7.10. The first kappa shape index (κ1) is 11.5. The van der Waals surface area contributed by atoms with Crippen LogP contribution in [0.1, 0.15) is 60.3 Å². The SMILES string of the molecule is CC1CCC2C(C1C)[C@@H](C)CCC2(C)C. The van der Waals surface area contributed by atoms with Crippen molar-refractivity contribution in [3.8, 4) is 0 Å². The van der Waals surface area contributed by atoms with Crippen LogP contribution in [0.5, 0.6) is 0 Å². The summed E-state index contributed by atoms with van der Waals surface area (Å²) < 4.78 is 0. The summed E-state index contributed by atoms with van der Waals surface area (Å²) in [7, 11) is 0. The van der Waals surface area contributed by atoms with E-state index in [0.29, 0.717) is 5.41 Å². The summed E-state index contributed by atoms with van der Waals surface area (Å²) >= 11 is 0. The second-order valence-electron chi connectivity index (χ2n) is 7.10. The minimum atomic E-state index is 0.617. The molecule has 0 amide bonds. The van der Waals surface area contributed by atoms with Gasteiger partial charge in [-0.1, -0.05) is 41.0 Å². The fourth-order valence-electron chi connectivity index (χ4n) is 4.45. The van der Waals surface area contributed by atoms with Crippen molar-refractivity contribution in [2.24, 2.45) is 35.0 Å². The Morgan fingerprint density at radius 3 is 2.20 bits per heavy atom.